The first-order valence-electron chi connectivity index (χ1n) is 11.5. The van der Waals surface area contributed by atoms with Crippen molar-refractivity contribution in [3.05, 3.63) is 92.5 Å². The second-order valence-electron chi connectivity index (χ2n) is 9.21. The monoisotopic (exact) mass is 457 g/mol. The van der Waals surface area contributed by atoms with E-state index in [-0.39, 0.29) is 30.7 Å². The molecule has 1 amide bonds. The molecule has 0 saturated heterocycles. The summed E-state index contributed by atoms with van der Waals surface area (Å²) in [6.07, 6.45) is 2.08. The van der Waals surface area contributed by atoms with E-state index in [0.29, 0.717) is 11.1 Å². The highest BCUT2D eigenvalue weighted by Gasteiger charge is 2.19. The van der Waals surface area contributed by atoms with E-state index in [0.717, 1.165) is 44.4 Å². The molecule has 0 aliphatic rings. The molecule has 0 saturated carbocycles. The lowest BCUT2D eigenvalue weighted by Crippen LogP contribution is -2.28. The molecular formula is C28H31N3O3. The maximum absolute atomic E-state index is 13.5. The van der Waals surface area contributed by atoms with Crippen LogP contribution in [0, 0.1) is 20.8 Å². The number of pyridine rings is 1. The van der Waals surface area contributed by atoms with Gasteiger partial charge in [0, 0.05) is 46.5 Å². The van der Waals surface area contributed by atoms with Crippen molar-refractivity contribution in [1.29, 1.82) is 0 Å². The number of carbonyl (C=O) groups is 1. The van der Waals surface area contributed by atoms with Crippen molar-refractivity contribution in [3.8, 4) is 11.1 Å². The number of nitrogens with zero attached hydrogens (tertiary/aromatic N) is 1. The number of H-pyrrole nitrogens is 1. The molecule has 0 atom stereocenters. The summed E-state index contributed by atoms with van der Waals surface area (Å²) in [5.74, 6) is -0.220. The molecule has 3 N–H and O–H groups in total. The van der Waals surface area contributed by atoms with E-state index in [1.54, 1.807) is 0 Å². The molecule has 176 valence electrons. The molecule has 0 aliphatic carbocycles. The zero-order valence-electron chi connectivity index (χ0n) is 20.3. The number of amides is 1. The van der Waals surface area contributed by atoms with E-state index in [4.69, 9.17) is 0 Å². The third-order valence-corrected chi connectivity index (χ3v) is 6.31. The van der Waals surface area contributed by atoms with Crippen molar-refractivity contribution in [2.45, 2.75) is 53.8 Å². The molecule has 0 radical (unpaired) electrons. The molecule has 0 aliphatic heterocycles. The van der Waals surface area contributed by atoms with Crippen LogP contribution in [0.2, 0.25) is 0 Å². The van der Waals surface area contributed by atoms with Gasteiger partial charge in [-0.25, -0.2) is 0 Å². The summed E-state index contributed by atoms with van der Waals surface area (Å²) in [7, 11) is 0. The van der Waals surface area contributed by atoms with Gasteiger partial charge < -0.3 is 20.0 Å². The van der Waals surface area contributed by atoms with Crippen LogP contribution in [0.15, 0.2) is 53.5 Å². The first kappa shape index (κ1) is 23.5. The van der Waals surface area contributed by atoms with Gasteiger partial charge in [-0.3, -0.25) is 9.59 Å². The summed E-state index contributed by atoms with van der Waals surface area (Å²) in [6.45, 7) is 10.1. The minimum atomic E-state index is -0.220. The van der Waals surface area contributed by atoms with Gasteiger partial charge in [-0.2, -0.15) is 0 Å². The number of benzene rings is 2. The van der Waals surface area contributed by atoms with E-state index in [1.807, 2.05) is 57.2 Å². The van der Waals surface area contributed by atoms with E-state index in [1.165, 1.54) is 0 Å². The Morgan fingerprint density at radius 2 is 1.74 bits per heavy atom. The molecule has 34 heavy (non-hydrogen) atoms. The van der Waals surface area contributed by atoms with Gasteiger partial charge in [-0.15, -0.1) is 0 Å². The number of hydrogen-bond donors (Lipinski definition) is 3. The summed E-state index contributed by atoms with van der Waals surface area (Å²) in [5, 5.41) is 13.3. The summed E-state index contributed by atoms with van der Waals surface area (Å²) < 4.78 is 2.18. The number of aryl methyl sites for hydroxylation is 3. The quantitative estimate of drug-likeness (QED) is 0.384. The Morgan fingerprint density at radius 1 is 1.03 bits per heavy atom. The molecule has 0 spiro atoms. The van der Waals surface area contributed by atoms with Crippen LogP contribution in [-0.2, 0) is 13.2 Å². The van der Waals surface area contributed by atoms with Crippen LogP contribution in [0.25, 0.3) is 22.0 Å². The maximum atomic E-state index is 13.5. The first-order chi connectivity index (χ1) is 16.2. The minimum absolute atomic E-state index is 0.0140. The van der Waals surface area contributed by atoms with Crippen LogP contribution >= 0.6 is 0 Å². The van der Waals surface area contributed by atoms with Gasteiger partial charge in [0.15, 0.2) is 0 Å². The van der Waals surface area contributed by atoms with Crippen molar-refractivity contribution >= 4 is 16.8 Å². The van der Waals surface area contributed by atoms with Crippen LogP contribution in [0.5, 0.6) is 0 Å². The Hall–Kier alpha value is -3.64. The fraction of sp³-hybridized carbons (Fsp3) is 0.286. The van der Waals surface area contributed by atoms with Gasteiger partial charge in [-0.1, -0.05) is 24.3 Å². The number of aliphatic hydroxyl groups is 1. The fourth-order valence-electron chi connectivity index (χ4n) is 4.53. The van der Waals surface area contributed by atoms with E-state index in [9.17, 15) is 14.7 Å². The Kier molecular flexibility index (Phi) is 6.44. The molecule has 2 aromatic carbocycles. The average Bonchev–Trinajstić information content (AvgIpc) is 3.14. The SMILES string of the molecule is Cc1cc(C)c(CNC(=O)c2cc(-c3ccc(CO)cc3)cc3c2c(C)cn3C(C)C)c(=O)[nH]1. The Balaban J connectivity index is 1.80. The van der Waals surface area contributed by atoms with Crippen LogP contribution < -0.4 is 10.9 Å². The summed E-state index contributed by atoms with van der Waals surface area (Å²) in [4.78, 5) is 28.7. The normalized spacial score (nSPS) is 11.4. The third kappa shape index (κ3) is 4.41. The van der Waals surface area contributed by atoms with Gasteiger partial charge in [0.25, 0.3) is 11.5 Å². The molecule has 6 heteroatoms. The van der Waals surface area contributed by atoms with Crippen LogP contribution in [-0.4, -0.2) is 20.6 Å². The van der Waals surface area contributed by atoms with Gasteiger partial charge >= 0.3 is 0 Å². The molecule has 2 aromatic heterocycles. The zero-order valence-corrected chi connectivity index (χ0v) is 20.3. The number of aromatic amines is 1. The van der Waals surface area contributed by atoms with Crippen molar-refractivity contribution in [3.63, 3.8) is 0 Å². The summed E-state index contributed by atoms with van der Waals surface area (Å²) in [5.41, 5.74) is 7.35. The van der Waals surface area contributed by atoms with E-state index < -0.39 is 0 Å². The lowest BCUT2D eigenvalue weighted by Gasteiger charge is -2.14. The van der Waals surface area contributed by atoms with Crippen LogP contribution in [0.1, 0.15) is 58.2 Å². The molecule has 2 heterocycles. The van der Waals surface area contributed by atoms with Crippen LogP contribution in [0.3, 0.4) is 0 Å². The topological polar surface area (TPSA) is 87.1 Å². The van der Waals surface area contributed by atoms with Crippen molar-refractivity contribution in [2.75, 3.05) is 0 Å². The Morgan fingerprint density at radius 3 is 2.35 bits per heavy atom. The van der Waals surface area contributed by atoms with Crippen molar-refractivity contribution < 1.29 is 9.90 Å². The molecule has 0 fully saturated rings. The smallest absolute Gasteiger partial charge is 0.253 e. The molecule has 4 aromatic rings. The zero-order chi connectivity index (χ0) is 24.6. The van der Waals surface area contributed by atoms with E-state index >= 15 is 0 Å². The van der Waals surface area contributed by atoms with Gasteiger partial charge in [0.05, 0.1) is 6.61 Å². The minimum Gasteiger partial charge on any atom is -0.392 e. The Labute approximate surface area is 199 Å². The predicted octanol–water partition coefficient (Wildman–Crippen LogP) is 4.93. The second-order valence-corrected chi connectivity index (χ2v) is 9.21. The van der Waals surface area contributed by atoms with Crippen molar-refractivity contribution in [2.24, 2.45) is 0 Å². The summed E-state index contributed by atoms with van der Waals surface area (Å²) in [6, 6.07) is 13.9. The first-order valence-corrected chi connectivity index (χ1v) is 11.5. The molecular weight excluding hydrogens is 426 g/mol. The van der Waals surface area contributed by atoms with Gasteiger partial charge in [0.1, 0.15) is 0 Å². The highest BCUT2D eigenvalue weighted by Crippen LogP contribution is 2.33. The van der Waals surface area contributed by atoms with Crippen molar-refractivity contribution in [1.82, 2.24) is 14.9 Å². The van der Waals surface area contributed by atoms with Gasteiger partial charge in [-0.05, 0) is 80.6 Å². The van der Waals surface area contributed by atoms with Gasteiger partial charge in [0.2, 0.25) is 0 Å². The number of rotatable bonds is 6. The number of aliphatic hydroxyl groups excluding tert-OH is 1. The average molecular weight is 458 g/mol. The number of fused-ring (bicyclic) bond motifs is 1. The highest BCUT2D eigenvalue weighted by molar-refractivity contribution is 6.09. The van der Waals surface area contributed by atoms with Crippen LogP contribution in [0.4, 0.5) is 0 Å². The second kappa shape index (κ2) is 9.31. The fourth-order valence-corrected chi connectivity index (χ4v) is 4.53. The number of hydrogen-bond acceptors (Lipinski definition) is 3. The molecule has 0 unspecified atom stereocenters. The lowest BCUT2D eigenvalue weighted by molar-refractivity contribution is 0.0952. The largest absolute Gasteiger partial charge is 0.392 e. The number of nitrogens with one attached hydrogen (secondary N) is 2. The molecule has 6 nitrogen and oxygen atoms in total. The standard InChI is InChI=1S/C28H31N3O3/c1-16(2)31-14-18(4)26-23(27(33)29-13-24-17(3)10-19(5)30-28(24)34)11-22(12-25(26)31)21-8-6-20(15-32)7-9-21/h6-12,14,16,32H,13,15H2,1-5H3,(H,29,33)(H,30,34). The molecule has 4 rings (SSSR count). The summed E-state index contributed by atoms with van der Waals surface area (Å²) >= 11 is 0. The third-order valence-electron chi connectivity index (χ3n) is 6.31. The Bertz CT molecular complexity index is 1430. The molecule has 0 bridgehead atoms. The van der Waals surface area contributed by atoms with E-state index in [2.05, 4.69) is 41.0 Å². The lowest BCUT2D eigenvalue weighted by atomic mass is 9.97. The maximum Gasteiger partial charge on any atom is 0.253 e. The number of aromatic nitrogens is 2. The number of carbonyl (C=O) groups excluding carboxylic acids is 1. The highest BCUT2D eigenvalue weighted by atomic mass is 16.3. The predicted molar refractivity (Wildman–Crippen MR) is 136 cm³/mol.